The molecule has 2 amide bonds. The number of amides is 2. The third-order valence-corrected chi connectivity index (χ3v) is 2.70. The molecule has 0 aliphatic rings. The number of aromatic nitrogens is 1. The fourth-order valence-corrected chi connectivity index (χ4v) is 1.54. The summed E-state index contributed by atoms with van der Waals surface area (Å²) < 4.78 is 0. The largest absolute Gasteiger partial charge is 0.351 e. The monoisotopic (exact) mass is 277 g/mol. The average Bonchev–Trinajstić information content (AvgIpc) is 2.45. The van der Waals surface area contributed by atoms with Crippen molar-refractivity contribution in [2.24, 2.45) is 5.92 Å². The van der Waals surface area contributed by atoms with Crippen molar-refractivity contribution in [3.63, 3.8) is 0 Å². The van der Waals surface area contributed by atoms with Gasteiger partial charge in [-0.15, -0.1) is 0 Å². The molecule has 0 unspecified atom stereocenters. The van der Waals surface area contributed by atoms with E-state index in [9.17, 15) is 9.59 Å². The molecule has 2 N–H and O–H groups in total. The van der Waals surface area contributed by atoms with Crippen molar-refractivity contribution >= 4 is 11.8 Å². The van der Waals surface area contributed by atoms with Crippen molar-refractivity contribution in [1.82, 2.24) is 15.6 Å². The van der Waals surface area contributed by atoms with E-state index >= 15 is 0 Å². The lowest BCUT2D eigenvalue weighted by Gasteiger charge is -2.08. The van der Waals surface area contributed by atoms with E-state index in [0.717, 1.165) is 12.8 Å². The molecule has 0 fully saturated rings. The topological polar surface area (TPSA) is 71.1 Å². The average molecular weight is 277 g/mol. The summed E-state index contributed by atoms with van der Waals surface area (Å²) in [6.45, 7) is 7.31. The van der Waals surface area contributed by atoms with Gasteiger partial charge in [0.2, 0.25) is 0 Å². The second-order valence-corrected chi connectivity index (χ2v) is 5.12. The highest BCUT2D eigenvalue weighted by Gasteiger charge is 2.11. The Bertz CT molecular complexity index is 458. The first-order valence-electron chi connectivity index (χ1n) is 7.08. The molecule has 0 spiro atoms. The predicted octanol–water partition coefficient (Wildman–Crippen LogP) is 2.00. The molecule has 0 saturated heterocycles. The smallest absolute Gasteiger partial charge is 0.269 e. The highest BCUT2D eigenvalue weighted by Crippen LogP contribution is 2.01. The van der Waals surface area contributed by atoms with Crippen LogP contribution in [0.15, 0.2) is 18.2 Å². The number of nitrogens with zero attached hydrogens (tertiary/aromatic N) is 1. The van der Waals surface area contributed by atoms with Gasteiger partial charge in [0.05, 0.1) is 0 Å². The van der Waals surface area contributed by atoms with E-state index in [4.69, 9.17) is 0 Å². The van der Waals surface area contributed by atoms with Crippen LogP contribution >= 0.6 is 0 Å². The van der Waals surface area contributed by atoms with Gasteiger partial charge in [0.25, 0.3) is 11.8 Å². The maximum absolute atomic E-state index is 11.9. The summed E-state index contributed by atoms with van der Waals surface area (Å²) in [5.74, 6) is -0.113. The fraction of sp³-hybridized carbons (Fsp3) is 0.533. The zero-order chi connectivity index (χ0) is 15.0. The van der Waals surface area contributed by atoms with E-state index < -0.39 is 0 Å². The standard InChI is InChI=1S/C15H23N3O2/c1-4-5-9-16-14(19)12-7-6-8-13(18-12)15(20)17-10-11(2)3/h6-8,11H,4-5,9-10H2,1-3H3,(H,16,19)(H,17,20). The first kappa shape index (κ1) is 16.1. The van der Waals surface area contributed by atoms with E-state index in [1.807, 2.05) is 13.8 Å². The van der Waals surface area contributed by atoms with Crippen LogP contribution in [0, 0.1) is 5.92 Å². The maximum Gasteiger partial charge on any atom is 0.269 e. The number of hydrogen-bond donors (Lipinski definition) is 2. The zero-order valence-corrected chi connectivity index (χ0v) is 12.4. The molecule has 0 saturated carbocycles. The van der Waals surface area contributed by atoms with E-state index in [2.05, 4.69) is 22.5 Å². The third-order valence-electron chi connectivity index (χ3n) is 2.70. The van der Waals surface area contributed by atoms with E-state index in [1.165, 1.54) is 0 Å². The molecule has 20 heavy (non-hydrogen) atoms. The quantitative estimate of drug-likeness (QED) is 0.749. The van der Waals surface area contributed by atoms with Crippen LogP contribution in [0.1, 0.15) is 54.6 Å². The van der Waals surface area contributed by atoms with Crippen LogP contribution in [0.2, 0.25) is 0 Å². The Kier molecular flexibility index (Phi) is 6.70. The molecular weight excluding hydrogens is 254 g/mol. The van der Waals surface area contributed by atoms with Crippen LogP contribution < -0.4 is 10.6 Å². The number of carbonyl (C=O) groups excluding carboxylic acids is 2. The molecule has 1 aromatic heterocycles. The Morgan fingerprint density at radius 3 is 2.30 bits per heavy atom. The van der Waals surface area contributed by atoms with Crippen molar-refractivity contribution in [3.05, 3.63) is 29.6 Å². The van der Waals surface area contributed by atoms with Crippen molar-refractivity contribution in [2.45, 2.75) is 33.6 Å². The molecule has 1 rings (SSSR count). The molecule has 0 aromatic carbocycles. The SMILES string of the molecule is CCCCNC(=O)c1cccc(C(=O)NCC(C)C)n1. The lowest BCUT2D eigenvalue weighted by Crippen LogP contribution is -2.30. The minimum absolute atomic E-state index is 0.239. The highest BCUT2D eigenvalue weighted by atomic mass is 16.2. The zero-order valence-electron chi connectivity index (χ0n) is 12.4. The molecule has 0 atom stereocenters. The van der Waals surface area contributed by atoms with Crippen LogP contribution in [0.3, 0.4) is 0 Å². The lowest BCUT2D eigenvalue weighted by molar-refractivity contribution is 0.0941. The number of carbonyl (C=O) groups is 2. The number of rotatable bonds is 7. The minimum atomic E-state index is -0.248. The van der Waals surface area contributed by atoms with Gasteiger partial charge in [0.1, 0.15) is 11.4 Å². The summed E-state index contributed by atoms with van der Waals surface area (Å²) in [4.78, 5) is 27.8. The number of hydrogen-bond acceptors (Lipinski definition) is 3. The number of unbranched alkanes of at least 4 members (excludes halogenated alkanes) is 1. The third kappa shape index (κ3) is 5.38. The normalized spacial score (nSPS) is 10.4. The van der Waals surface area contributed by atoms with Gasteiger partial charge in [-0.3, -0.25) is 9.59 Å². The summed E-state index contributed by atoms with van der Waals surface area (Å²) in [6.07, 6.45) is 1.95. The van der Waals surface area contributed by atoms with Gasteiger partial charge in [0.15, 0.2) is 0 Å². The summed E-state index contributed by atoms with van der Waals surface area (Å²) in [5.41, 5.74) is 0.548. The maximum atomic E-state index is 11.9. The van der Waals surface area contributed by atoms with Crippen molar-refractivity contribution in [1.29, 1.82) is 0 Å². The van der Waals surface area contributed by atoms with Gasteiger partial charge in [-0.25, -0.2) is 4.98 Å². The van der Waals surface area contributed by atoms with Gasteiger partial charge >= 0.3 is 0 Å². The van der Waals surface area contributed by atoms with Crippen LogP contribution in [-0.4, -0.2) is 29.9 Å². The molecule has 0 aliphatic carbocycles. The van der Waals surface area contributed by atoms with Gasteiger partial charge in [-0.05, 0) is 24.5 Å². The second kappa shape index (κ2) is 8.30. The molecule has 1 heterocycles. The van der Waals surface area contributed by atoms with Crippen molar-refractivity contribution in [3.8, 4) is 0 Å². The Hall–Kier alpha value is -1.91. The van der Waals surface area contributed by atoms with Crippen LogP contribution in [0.5, 0.6) is 0 Å². The van der Waals surface area contributed by atoms with E-state index in [1.54, 1.807) is 18.2 Å². The van der Waals surface area contributed by atoms with Gasteiger partial charge in [-0.1, -0.05) is 33.3 Å². The Morgan fingerprint density at radius 2 is 1.75 bits per heavy atom. The summed E-state index contributed by atoms with van der Waals surface area (Å²) in [5, 5.41) is 5.57. The Morgan fingerprint density at radius 1 is 1.15 bits per heavy atom. The molecule has 1 aromatic rings. The molecular formula is C15H23N3O2. The molecule has 5 nitrogen and oxygen atoms in total. The summed E-state index contributed by atoms with van der Waals surface area (Å²) in [7, 11) is 0. The lowest BCUT2D eigenvalue weighted by atomic mass is 10.2. The van der Waals surface area contributed by atoms with Gasteiger partial charge in [-0.2, -0.15) is 0 Å². The number of nitrogens with one attached hydrogen (secondary N) is 2. The molecule has 0 aliphatic heterocycles. The Labute approximate surface area is 120 Å². The summed E-state index contributed by atoms with van der Waals surface area (Å²) >= 11 is 0. The number of pyridine rings is 1. The highest BCUT2D eigenvalue weighted by molar-refractivity contribution is 5.96. The predicted molar refractivity (Wildman–Crippen MR) is 78.6 cm³/mol. The van der Waals surface area contributed by atoms with Crippen LogP contribution in [0.4, 0.5) is 0 Å². The van der Waals surface area contributed by atoms with Crippen LogP contribution in [0.25, 0.3) is 0 Å². The molecule has 5 heteroatoms. The van der Waals surface area contributed by atoms with Gasteiger partial charge in [0, 0.05) is 13.1 Å². The first-order chi connectivity index (χ1) is 9.54. The minimum Gasteiger partial charge on any atom is -0.351 e. The molecule has 0 bridgehead atoms. The summed E-state index contributed by atoms with van der Waals surface area (Å²) in [6, 6.07) is 4.89. The van der Waals surface area contributed by atoms with Gasteiger partial charge < -0.3 is 10.6 Å². The van der Waals surface area contributed by atoms with E-state index in [0.29, 0.717) is 19.0 Å². The van der Waals surface area contributed by atoms with E-state index in [-0.39, 0.29) is 23.2 Å². The van der Waals surface area contributed by atoms with Crippen LogP contribution in [-0.2, 0) is 0 Å². The molecule has 110 valence electrons. The second-order valence-electron chi connectivity index (χ2n) is 5.12. The molecule has 0 radical (unpaired) electrons. The van der Waals surface area contributed by atoms with Crippen molar-refractivity contribution in [2.75, 3.05) is 13.1 Å². The first-order valence-corrected chi connectivity index (χ1v) is 7.08. The van der Waals surface area contributed by atoms with Crippen molar-refractivity contribution < 1.29 is 9.59 Å². The fourth-order valence-electron chi connectivity index (χ4n) is 1.54. The Balaban J connectivity index is 2.65.